The third kappa shape index (κ3) is 4.27. The van der Waals surface area contributed by atoms with Crippen molar-refractivity contribution in [3.63, 3.8) is 0 Å². The van der Waals surface area contributed by atoms with Crippen LogP contribution in [0.25, 0.3) is 10.9 Å². The number of nitrogens with one attached hydrogen (secondary N) is 1. The van der Waals surface area contributed by atoms with Gasteiger partial charge in [-0.15, -0.1) is 0 Å². The topological polar surface area (TPSA) is 80.6 Å². The zero-order valence-electron chi connectivity index (χ0n) is 17.1. The van der Waals surface area contributed by atoms with Crippen molar-refractivity contribution in [1.29, 1.82) is 0 Å². The average molecular weight is 440 g/mol. The third-order valence-electron chi connectivity index (χ3n) is 5.41. The Morgan fingerprint density at radius 3 is 2.58 bits per heavy atom. The zero-order chi connectivity index (χ0) is 22.0. The summed E-state index contributed by atoms with van der Waals surface area (Å²) in [6.07, 6.45) is 3.60. The number of hydrogen-bond acceptors (Lipinski definition) is 4. The summed E-state index contributed by atoms with van der Waals surface area (Å²) in [6.45, 7) is 1.64. The molecule has 1 aliphatic heterocycles. The molecule has 4 rings (SSSR count). The number of para-hydroxylation sites is 1. The molecule has 1 aromatic heterocycles. The summed E-state index contributed by atoms with van der Waals surface area (Å²) in [6, 6.07) is 12.0. The fourth-order valence-corrected chi connectivity index (χ4v) is 4.02. The number of ether oxygens (including phenoxy) is 1. The summed E-state index contributed by atoms with van der Waals surface area (Å²) in [5.74, 6) is -1.12. The highest BCUT2D eigenvalue weighted by molar-refractivity contribution is 6.48. The van der Waals surface area contributed by atoms with Crippen molar-refractivity contribution in [2.45, 2.75) is 19.4 Å². The van der Waals surface area contributed by atoms with E-state index in [0.717, 1.165) is 31.4 Å². The second-order valence-corrected chi connectivity index (χ2v) is 7.84. The predicted octanol–water partition coefficient (Wildman–Crippen LogP) is 3.75. The first-order valence-electron chi connectivity index (χ1n) is 10.0. The second kappa shape index (κ2) is 8.81. The summed E-state index contributed by atoms with van der Waals surface area (Å²) in [5.41, 5.74) is 1.27. The summed E-state index contributed by atoms with van der Waals surface area (Å²) in [7, 11) is 1.46. The van der Waals surface area contributed by atoms with Gasteiger partial charge in [-0.2, -0.15) is 0 Å². The molecule has 0 spiro atoms. The van der Waals surface area contributed by atoms with Gasteiger partial charge in [0.1, 0.15) is 12.3 Å². The molecule has 2 amide bonds. The van der Waals surface area contributed by atoms with E-state index in [-0.39, 0.29) is 18.0 Å². The number of methoxy groups -OCH3 is 1. The average Bonchev–Trinajstić information content (AvgIpc) is 3.42. The lowest BCUT2D eigenvalue weighted by molar-refractivity contribution is -0.130. The van der Waals surface area contributed by atoms with E-state index in [4.69, 9.17) is 16.3 Å². The Hall–Kier alpha value is -3.32. The molecule has 1 aliphatic rings. The molecule has 2 aromatic carbocycles. The van der Waals surface area contributed by atoms with Crippen LogP contribution < -0.4 is 10.1 Å². The molecular formula is C23H22ClN3O4. The van der Waals surface area contributed by atoms with Gasteiger partial charge in [-0.1, -0.05) is 29.8 Å². The first kappa shape index (κ1) is 20.9. The molecule has 7 nitrogen and oxygen atoms in total. The number of rotatable bonds is 6. The van der Waals surface area contributed by atoms with E-state index in [0.29, 0.717) is 21.8 Å². The molecule has 0 radical (unpaired) electrons. The van der Waals surface area contributed by atoms with Crippen LogP contribution in [0.15, 0.2) is 48.7 Å². The Balaban J connectivity index is 1.61. The van der Waals surface area contributed by atoms with E-state index in [1.165, 1.54) is 13.2 Å². The maximum Gasteiger partial charge on any atom is 0.296 e. The van der Waals surface area contributed by atoms with Crippen LogP contribution in [-0.4, -0.2) is 47.3 Å². The van der Waals surface area contributed by atoms with Gasteiger partial charge in [-0.25, -0.2) is 0 Å². The van der Waals surface area contributed by atoms with Gasteiger partial charge in [0.05, 0.1) is 18.4 Å². The minimum absolute atomic E-state index is 0.00497. The quantitative estimate of drug-likeness (QED) is 0.468. The standard InChI is InChI=1S/C23H22ClN3O4/c1-31-20-9-8-15(24)12-18(20)25-23(30)22(29)17-13-27(19-7-3-2-6-16(17)19)14-21(28)26-10-4-5-11-26/h2-3,6-9,12-13H,4-5,10-11,14H2,1H3,(H,25,30). The number of halogens is 1. The van der Waals surface area contributed by atoms with Gasteiger partial charge in [0.25, 0.3) is 11.7 Å². The van der Waals surface area contributed by atoms with E-state index in [1.54, 1.807) is 35.0 Å². The van der Waals surface area contributed by atoms with Gasteiger partial charge in [0, 0.05) is 35.2 Å². The lowest BCUT2D eigenvalue weighted by Crippen LogP contribution is -2.30. The molecule has 8 heteroatoms. The van der Waals surface area contributed by atoms with Crippen LogP contribution in [0.3, 0.4) is 0 Å². The highest BCUT2D eigenvalue weighted by Crippen LogP contribution is 2.28. The summed E-state index contributed by atoms with van der Waals surface area (Å²) < 4.78 is 6.96. The number of likely N-dealkylation sites (tertiary alicyclic amines) is 1. The van der Waals surface area contributed by atoms with Crippen molar-refractivity contribution in [3.05, 3.63) is 59.2 Å². The molecule has 0 bridgehead atoms. The van der Waals surface area contributed by atoms with Crippen molar-refractivity contribution < 1.29 is 19.1 Å². The molecule has 2 heterocycles. The van der Waals surface area contributed by atoms with Crippen LogP contribution in [0.2, 0.25) is 5.02 Å². The van der Waals surface area contributed by atoms with E-state index in [2.05, 4.69) is 5.32 Å². The number of anilines is 1. The molecule has 0 aliphatic carbocycles. The SMILES string of the molecule is COc1ccc(Cl)cc1NC(=O)C(=O)c1cn(CC(=O)N2CCCC2)c2ccccc12. The highest BCUT2D eigenvalue weighted by Gasteiger charge is 2.24. The smallest absolute Gasteiger partial charge is 0.296 e. The van der Waals surface area contributed by atoms with Crippen molar-refractivity contribution >= 4 is 45.8 Å². The van der Waals surface area contributed by atoms with Crippen molar-refractivity contribution in [3.8, 4) is 5.75 Å². The molecule has 31 heavy (non-hydrogen) atoms. The fourth-order valence-electron chi connectivity index (χ4n) is 3.85. The maximum atomic E-state index is 13.0. The monoisotopic (exact) mass is 439 g/mol. The number of fused-ring (bicyclic) bond motifs is 1. The molecule has 1 N–H and O–H groups in total. The Bertz CT molecular complexity index is 1160. The molecule has 0 saturated carbocycles. The second-order valence-electron chi connectivity index (χ2n) is 7.40. The van der Waals surface area contributed by atoms with Crippen LogP contribution in [0.4, 0.5) is 5.69 Å². The van der Waals surface area contributed by atoms with E-state index >= 15 is 0 Å². The first-order chi connectivity index (χ1) is 15.0. The first-order valence-corrected chi connectivity index (χ1v) is 10.4. The van der Waals surface area contributed by atoms with E-state index in [1.807, 2.05) is 17.0 Å². The number of aromatic nitrogens is 1. The molecule has 1 fully saturated rings. The number of nitrogens with zero attached hydrogens (tertiary/aromatic N) is 2. The van der Waals surface area contributed by atoms with Gasteiger partial charge in [0.15, 0.2) is 0 Å². The Morgan fingerprint density at radius 2 is 1.84 bits per heavy atom. The predicted molar refractivity (Wildman–Crippen MR) is 119 cm³/mol. The molecule has 160 valence electrons. The summed E-state index contributed by atoms with van der Waals surface area (Å²) in [4.78, 5) is 40.2. The highest BCUT2D eigenvalue weighted by atomic mass is 35.5. The van der Waals surface area contributed by atoms with Gasteiger partial charge in [0.2, 0.25) is 5.91 Å². The molecular weight excluding hydrogens is 418 g/mol. The number of Topliss-reactive ketones (excluding diaryl/α,β-unsaturated/α-hetero) is 1. The minimum Gasteiger partial charge on any atom is -0.495 e. The van der Waals surface area contributed by atoms with Crippen LogP contribution in [0, 0.1) is 0 Å². The number of benzene rings is 2. The lowest BCUT2D eigenvalue weighted by atomic mass is 10.1. The number of ketones is 1. The zero-order valence-corrected chi connectivity index (χ0v) is 17.8. The number of carbonyl (C=O) groups is 3. The minimum atomic E-state index is -0.811. The third-order valence-corrected chi connectivity index (χ3v) is 5.65. The molecule has 1 saturated heterocycles. The van der Waals surface area contributed by atoms with Crippen LogP contribution in [0.5, 0.6) is 5.75 Å². The summed E-state index contributed by atoms with van der Waals surface area (Å²) >= 11 is 6.01. The van der Waals surface area contributed by atoms with Crippen LogP contribution in [-0.2, 0) is 16.1 Å². The normalized spacial score (nSPS) is 13.4. The molecule has 0 atom stereocenters. The van der Waals surface area contributed by atoms with Gasteiger partial charge in [-0.3, -0.25) is 14.4 Å². The molecule has 3 aromatic rings. The summed E-state index contributed by atoms with van der Waals surface area (Å²) in [5, 5.41) is 3.60. The number of carbonyl (C=O) groups excluding carboxylic acids is 3. The Labute approximate surface area is 184 Å². The molecule has 0 unspecified atom stereocenters. The Morgan fingerprint density at radius 1 is 1.10 bits per heavy atom. The number of amides is 2. The van der Waals surface area contributed by atoms with Gasteiger partial charge >= 0.3 is 0 Å². The number of hydrogen-bond donors (Lipinski definition) is 1. The van der Waals surface area contributed by atoms with E-state index < -0.39 is 11.7 Å². The van der Waals surface area contributed by atoms with Crippen LogP contribution in [0.1, 0.15) is 23.2 Å². The van der Waals surface area contributed by atoms with Crippen molar-refractivity contribution in [2.24, 2.45) is 0 Å². The van der Waals surface area contributed by atoms with Crippen molar-refractivity contribution in [1.82, 2.24) is 9.47 Å². The Kier molecular flexibility index (Phi) is 5.95. The lowest BCUT2D eigenvalue weighted by Gasteiger charge is -2.15. The van der Waals surface area contributed by atoms with Crippen molar-refractivity contribution in [2.75, 3.05) is 25.5 Å². The van der Waals surface area contributed by atoms with Crippen LogP contribution >= 0.6 is 11.6 Å². The van der Waals surface area contributed by atoms with Gasteiger partial charge in [-0.05, 0) is 37.1 Å². The fraction of sp³-hybridized carbons (Fsp3) is 0.261. The maximum absolute atomic E-state index is 13.0. The van der Waals surface area contributed by atoms with Gasteiger partial charge < -0.3 is 19.5 Å². The van der Waals surface area contributed by atoms with E-state index in [9.17, 15) is 14.4 Å². The largest absolute Gasteiger partial charge is 0.495 e.